The largest absolute Gasteiger partial charge is 0.472 e. The van der Waals surface area contributed by atoms with Crippen LogP contribution in [-0.4, -0.2) is 96.7 Å². The Kier molecular flexibility index (Phi) is 65.3. The van der Waals surface area contributed by atoms with E-state index in [1.54, 1.807) is 6.08 Å². The number of allylic oxidation sites excluding steroid dienone is 21. The fourth-order valence-electron chi connectivity index (χ4n) is 9.20. The van der Waals surface area contributed by atoms with Gasteiger partial charge in [-0.25, -0.2) is 9.13 Å². The number of esters is 4. The monoisotopic (exact) mass is 1390 g/mol. The van der Waals surface area contributed by atoms with Crippen LogP contribution < -0.4 is 0 Å². The van der Waals surface area contributed by atoms with Gasteiger partial charge in [0.15, 0.2) is 12.2 Å². The zero-order valence-electron chi connectivity index (χ0n) is 59.5. The van der Waals surface area contributed by atoms with Gasteiger partial charge in [0.1, 0.15) is 19.3 Å². The molecule has 0 bridgehead atoms. The Labute approximate surface area is 580 Å². The van der Waals surface area contributed by atoms with Crippen molar-refractivity contribution in [3.63, 3.8) is 0 Å². The molecule has 0 fully saturated rings. The number of ether oxygens (including phenoxy) is 4. The predicted molar refractivity (Wildman–Crippen MR) is 390 cm³/mol. The van der Waals surface area contributed by atoms with Gasteiger partial charge < -0.3 is 33.8 Å². The maximum absolute atomic E-state index is 13.0. The zero-order valence-corrected chi connectivity index (χ0v) is 61.3. The number of phosphoric ester groups is 2. The summed E-state index contributed by atoms with van der Waals surface area (Å²) in [4.78, 5) is 72.6. The quantitative estimate of drug-likeness (QED) is 0.0169. The molecule has 0 rings (SSSR count). The topological polar surface area (TPSA) is 237 Å². The Morgan fingerprint density at radius 2 is 0.583 bits per heavy atom. The molecule has 19 heteroatoms. The van der Waals surface area contributed by atoms with Crippen molar-refractivity contribution in [1.82, 2.24) is 0 Å². The van der Waals surface area contributed by atoms with E-state index in [9.17, 15) is 43.2 Å². The lowest BCUT2D eigenvalue weighted by Gasteiger charge is -2.21. The Morgan fingerprint density at radius 3 is 0.927 bits per heavy atom. The average Bonchev–Trinajstić information content (AvgIpc) is 1.09. The van der Waals surface area contributed by atoms with Gasteiger partial charge in [-0.3, -0.25) is 37.3 Å². The summed E-state index contributed by atoms with van der Waals surface area (Å²) in [6, 6.07) is 0. The van der Waals surface area contributed by atoms with Crippen LogP contribution in [0.4, 0.5) is 0 Å². The van der Waals surface area contributed by atoms with E-state index in [0.717, 1.165) is 154 Å². The molecule has 17 nitrogen and oxygen atoms in total. The first-order valence-electron chi connectivity index (χ1n) is 36.4. The molecule has 3 N–H and O–H groups in total. The summed E-state index contributed by atoms with van der Waals surface area (Å²) in [6.07, 6.45) is 74.9. The predicted octanol–water partition coefficient (Wildman–Crippen LogP) is 20.5. The van der Waals surface area contributed by atoms with Crippen LogP contribution in [0.3, 0.4) is 0 Å². The molecule has 0 aliphatic carbocycles. The first-order valence-corrected chi connectivity index (χ1v) is 39.4. The van der Waals surface area contributed by atoms with Crippen LogP contribution in [0.15, 0.2) is 134 Å². The first-order chi connectivity index (χ1) is 46.7. The van der Waals surface area contributed by atoms with Gasteiger partial charge in [0.05, 0.1) is 32.8 Å². The molecule has 548 valence electrons. The fourth-order valence-corrected chi connectivity index (χ4v) is 10.8. The molecule has 0 amide bonds. The number of carbonyl (C=O) groups is 4. The standard InChI is InChI=1S/C77H128O17P2/c1-5-9-13-17-21-25-29-32-35-38-42-45-49-53-57-61-74(79)87-67-72(93-76(81)63-59-55-51-47-41-28-24-20-16-12-8-4)69-91-95(83,84)89-65-71(78)66-90-96(85,86)92-70-73(94-77(82)64-60-56-52-48-44-40-37-34-31-27-23-19-15-11-7-3)68-88-75(80)62-58-54-50-46-43-39-36-33-30-26-22-18-14-10-6-2/h9-11,13-15,21-23,25-27,32-37,43,46,54,58,71-73,78H,5-8,12,16-20,24,28-31,38-42,44-45,47-53,55-57,59-70H2,1-4H3,(H,83,84)(H,85,86)/b13-9-,14-10-,15-11-,25-21-,26-22-,27-23-,35-32-,36-33-,37-34-,46-43-,58-54-. The van der Waals surface area contributed by atoms with E-state index in [0.29, 0.717) is 25.7 Å². The molecule has 0 aromatic heterocycles. The smallest absolute Gasteiger partial charge is 0.462 e. The minimum absolute atomic E-state index is 0.0527. The molecular weight excluding hydrogens is 1260 g/mol. The van der Waals surface area contributed by atoms with Gasteiger partial charge in [-0.1, -0.05) is 264 Å². The highest BCUT2D eigenvalue weighted by Crippen LogP contribution is 2.45. The van der Waals surface area contributed by atoms with Crippen molar-refractivity contribution < 1.29 is 80.2 Å². The lowest BCUT2D eigenvalue weighted by Crippen LogP contribution is -2.30. The Hall–Kier alpha value is -4.80. The number of aliphatic hydroxyl groups is 1. The molecule has 0 saturated carbocycles. The number of unbranched alkanes of at least 4 members (excludes halogenated alkanes) is 20. The minimum atomic E-state index is -5.00. The number of phosphoric acid groups is 2. The van der Waals surface area contributed by atoms with E-state index in [1.807, 2.05) is 18.2 Å². The molecule has 0 heterocycles. The minimum Gasteiger partial charge on any atom is -0.462 e. The lowest BCUT2D eigenvalue weighted by atomic mass is 10.1. The van der Waals surface area contributed by atoms with E-state index < -0.39 is 97.5 Å². The average molecular weight is 1390 g/mol. The first kappa shape index (κ1) is 91.2. The van der Waals surface area contributed by atoms with Crippen LogP contribution in [0.1, 0.15) is 272 Å². The van der Waals surface area contributed by atoms with Crippen LogP contribution in [0.25, 0.3) is 0 Å². The molecule has 0 spiro atoms. The second-order valence-corrected chi connectivity index (χ2v) is 26.7. The van der Waals surface area contributed by atoms with Gasteiger partial charge in [-0.05, 0) is 116 Å². The van der Waals surface area contributed by atoms with Crippen LogP contribution in [-0.2, 0) is 65.4 Å². The third-order valence-corrected chi connectivity index (χ3v) is 16.6. The highest BCUT2D eigenvalue weighted by Gasteiger charge is 2.30. The van der Waals surface area contributed by atoms with Crippen LogP contribution in [0, 0.1) is 0 Å². The van der Waals surface area contributed by atoms with E-state index in [4.69, 9.17) is 37.0 Å². The van der Waals surface area contributed by atoms with E-state index >= 15 is 0 Å². The van der Waals surface area contributed by atoms with Gasteiger partial charge in [-0.2, -0.15) is 0 Å². The van der Waals surface area contributed by atoms with Gasteiger partial charge in [0.2, 0.25) is 0 Å². The molecule has 0 aliphatic heterocycles. The summed E-state index contributed by atoms with van der Waals surface area (Å²) in [5.74, 6) is -2.36. The summed E-state index contributed by atoms with van der Waals surface area (Å²) in [5.41, 5.74) is 0. The highest BCUT2D eigenvalue weighted by molar-refractivity contribution is 7.47. The number of aliphatic hydroxyl groups excluding tert-OH is 1. The van der Waals surface area contributed by atoms with Crippen LogP contribution in [0.2, 0.25) is 0 Å². The van der Waals surface area contributed by atoms with E-state index in [1.165, 1.54) is 38.5 Å². The SMILES string of the molecule is CC/C=C\C/C=C\C/C=C\C/C=C\C/C=C\CC(=O)OCC(COP(=O)(O)OCC(O)COP(=O)(O)OCC(COC(=O)CCCCCCC/C=C\C/C=C\C/C=C\CC)OC(=O)CCCCCCCCCCCCC)OC(=O)CCCCCCC/C=C\C/C=C\C/C=C\CC. The van der Waals surface area contributed by atoms with E-state index in [-0.39, 0.29) is 25.7 Å². The van der Waals surface area contributed by atoms with Crippen molar-refractivity contribution in [2.75, 3.05) is 39.6 Å². The lowest BCUT2D eigenvalue weighted by molar-refractivity contribution is -0.161. The third-order valence-electron chi connectivity index (χ3n) is 14.7. The van der Waals surface area contributed by atoms with Gasteiger partial charge in [0.25, 0.3) is 0 Å². The number of carbonyl (C=O) groups excluding carboxylic acids is 4. The molecular formula is C77H128O17P2. The summed E-state index contributed by atoms with van der Waals surface area (Å²) in [7, 11) is -9.98. The van der Waals surface area contributed by atoms with Crippen molar-refractivity contribution in [3.05, 3.63) is 134 Å². The number of hydrogen-bond donors (Lipinski definition) is 3. The van der Waals surface area contributed by atoms with Gasteiger partial charge in [0, 0.05) is 19.3 Å². The van der Waals surface area contributed by atoms with Gasteiger partial charge >= 0.3 is 39.5 Å². The van der Waals surface area contributed by atoms with Crippen molar-refractivity contribution in [2.45, 2.75) is 290 Å². The zero-order chi connectivity index (χ0) is 70.4. The van der Waals surface area contributed by atoms with Crippen molar-refractivity contribution in [1.29, 1.82) is 0 Å². The normalized spacial score (nSPS) is 14.8. The molecule has 0 radical (unpaired) electrons. The molecule has 0 aliphatic rings. The Morgan fingerprint density at radius 1 is 0.312 bits per heavy atom. The van der Waals surface area contributed by atoms with Crippen LogP contribution >= 0.6 is 15.6 Å². The van der Waals surface area contributed by atoms with Crippen molar-refractivity contribution in [2.24, 2.45) is 0 Å². The van der Waals surface area contributed by atoms with Gasteiger partial charge in [-0.15, -0.1) is 0 Å². The summed E-state index contributed by atoms with van der Waals surface area (Å²) >= 11 is 0. The Bertz CT molecular complexity index is 2350. The maximum atomic E-state index is 13.0. The molecule has 5 unspecified atom stereocenters. The van der Waals surface area contributed by atoms with E-state index in [2.05, 4.69) is 137 Å². The van der Waals surface area contributed by atoms with Crippen LogP contribution in [0.5, 0.6) is 0 Å². The second kappa shape index (κ2) is 68.7. The molecule has 5 atom stereocenters. The molecule has 0 aromatic rings. The summed E-state index contributed by atoms with van der Waals surface area (Å²) in [6.45, 7) is 4.35. The Balaban J connectivity index is 5.42. The highest BCUT2D eigenvalue weighted by atomic mass is 31.2. The van der Waals surface area contributed by atoms with Crippen molar-refractivity contribution in [3.8, 4) is 0 Å². The van der Waals surface area contributed by atoms with Crippen molar-refractivity contribution >= 4 is 39.5 Å². The molecule has 96 heavy (non-hydrogen) atoms. The summed E-state index contributed by atoms with van der Waals surface area (Å²) < 4.78 is 68.2. The molecule has 0 aromatic carbocycles. The fraction of sp³-hybridized carbons (Fsp3) is 0.662. The molecule has 0 saturated heterocycles. The summed E-state index contributed by atoms with van der Waals surface area (Å²) in [5, 5.41) is 10.6. The third kappa shape index (κ3) is 67.8. The number of hydrogen-bond acceptors (Lipinski definition) is 15. The number of rotatable bonds is 67. The maximum Gasteiger partial charge on any atom is 0.472 e. The second-order valence-electron chi connectivity index (χ2n) is 23.8.